The molecule has 1 heterocycles. The second-order valence-electron chi connectivity index (χ2n) is 4.49. The molecule has 0 radical (unpaired) electrons. The number of hydrogen-bond donors (Lipinski definition) is 1. The summed E-state index contributed by atoms with van der Waals surface area (Å²) in [6, 6.07) is 4.47. The third-order valence-corrected chi connectivity index (χ3v) is 3.35. The summed E-state index contributed by atoms with van der Waals surface area (Å²) in [5.41, 5.74) is 0.471. The van der Waals surface area contributed by atoms with E-state index in [9.17, 15) is 9.90 Å². The number of ether oxygens (including phenoxy) is 1. The highest BCUT2D eigenvalue weighted by Crippen LogP contribution is 2.24. The summed E-state index contributed by atoms with van der Waals surface area (Å²) in [6.45, 7) is 1.36. The smallest absolute Gasteiger partial charge is 0.253 e. The minimum atomic E-state index is -0.118. The summed E-state index contributed by atoms with van der Waals surface area (Å²) in [5.74, 6) is -0.137. The Morgan fingerprint density at radius 1 is 1.61 bits per heavy atom. The van der Waals surface area contributed by atoms with Crippen LogP contribution in [0.3, 0.4) is 0 Å². The fraction of sp³-hybridized carbons (Fsp3) is 0.462. The Morgan fingerprint density at radius 2 is 2.39 bits per heavy atom. The molecule has 1 aromatic carbocycles. The highest BCUT2D eigenvalue weighted by atomic mass is 35.5. The van der Waals surface area contributed by atoms with Crippen molar-refractivity contribution in [3.63, 3.8) is 0 Å². The molecule has 1 aliphatic rings. The molecule has 2 rings (SSSR count). The first-order valence-corrected chi connectivity index (χ1v) is 6.31. The van der Waals surface area contributed by atoms with Crippen molar-refractivity contribution in [3.05, 3.63) is 28.8 Å². The fourth-order valence-electron chi connectivity index (χ4n) is 2.04. The van der Waals surface area contributed by atoms with Gasteiger partial charge >= 0.3 is 0 Å². The third kappa shape index (κ3) is 2.94. The number of benzene rings is 1. The first-order chi connectivity index (χ1) is 8.58. The maximum Gasteiger partial charge on any atom is 0.253 e. The molecule has 1 amide bonds. The van der Waals surface area contributed by atoms with Gasteiger partial charge in [0, 0.05) is 25.8 Å². The van der Waals surface area contributed by atoms with E-state index in [1.807, 2.05) is 0 Å². The van der Waals surface area contributed by atoms with Gasteiger partial charge in [0.15, 0.2) is 0 Å². The third-order valence-electron chi connectivity index (χ3n) is 3.04. The second kappa shape index (κ2) is 5.59. The van der Waals surface area contributed by atoms with E-state index in [2.05, 4.69) is 0 Å². The molecule has 0 saturated carbocycles. The number of phenols is 1. The highest BCUT2D eigenvalue weighted by molar-refractivity contribution is 6.32. The molecule has 1 saturated heterocycles. The zero-order valence-electron chi connectivity index (χ0n) is 10.2. The van der Waals surface area contributed by atoms with Crippen LogP contribution in [0, 0.1) is 0 Å². The SMILES string of the molecule is CN(CC1CCCO1)C(=O)c1ccc(O)c(Cl)c1. The molecule has 0 aliphatic carbocycles. The van der Waals surface area contributed by atoms with Crippen LogP contribution in [0.2, 0.25) is 5.02 Å². The van der Waals surface area contributed by atoms with Crippen molar-refractivity contribution >= 4 is 17.5 Å². The van der Waals surface area contributed by atoms with Crippen LogP contribution < -0.4 is 0 Å². The van der Waals surface area contributed by atoms with Crippen LogP contribution in [0.25, 0.3) is 0 Å². The van der Waals surface area contributed by atoms with Crippen LogP contribution in [0.1, 0.15) is 23.2 Å². The Labute approximate surface area is 111 Å². The number of aromatic hydroxyl groups is 1. The number of halogens is 1. The molecule has 98 valence electrons. The summed E-state index contributed by atoms with van der Waals surface area (Å²) >= 11 is 5.79. The lowest BCUT2D eigenvalue weighted by Crippen LogP contribution is -2.34. The number of hydrogen-bond acceptors (Lipinski definition) is 3. The molecular weight excluding hydrogens is 254 g/mol. The van der Waals surface area contributed by atoms with E-state index in [1.54, 1.807) is 18.0 Å². The molecule has 1 unspecified atom stereocenters. The van der Waals surface area contributed by atoms with Crippen molar-refractivity contribution in [2.24, 2.45) is 0 Å². The van der Waals surface area contributed by atoms with Gasteiger partial charge in [0.2, 0.25) is 0 Å². The molecule has 18 heavy (non-hydrogen) atoms. The van der Waals surface area contributed by atoms with Gasteiger partial charge in [-0.25, -0.2) is 0 Å². The van der Waals surface area contributed by atoms with E-state index in [-0.39, 0.29) is 22.8 Å². The standard InChI is InChI=1S/C13H16ClNO3/c1-15(8-10-3-2-6-18-10)13(17)9-4-5-12(16)11(14)7-9/h4-5,7,10,16H,2-3,6,8H2,1H3. The summed E-state index contributed by atoms with van der Waals surface area (Å²) in [7, 11) is 1.74. The molecule has 1 aliphatic heterocycles. The number of carbonyl (C=O) groups is 1. The number of phenolic OH excluding ortho intramolecular Hbond substituents is 1. The van der Waals surface area contributed by atoms with Gasteiger partial charge in [0.1, 0.15) is 5.75 Å². The average Bonchev–Trinajstić information content (AvgIpc) is 2.84. The molecule has 1 fully saturated rings. The van der Waals surface area contributed by atoms with Crippen LogP contribution in [0.5, 0.6) is 5.75 Å². The van der Waals surface area contributed by atoms with Gasteiger partial charge in [-0.15, -0.1) is 0 Å². The topological polar surface area (TPSA) is 49.8 Å². The fourth-order valence-corrected chi connectivity index (χ4v) is 2.22. The van der Waals surface area contributed by atoms with Gasteiger partial charge in [0.25, 0.3) is 5.91 Å². The quantitative estimate of drug-likeness (QED) is 0.916. The Bertz CT molecular complexity index is 444. The zero-order chi connectivity index (χ0) is 13.1. The van der Waals surface area contributed by atoms with Crippen LogP contribution in [0.15, 0.2) is 18.2 Å². The maximum absolute atomic E-state index is 12.1. The molecular formula is C13H16ClNO3. The predicted octanol–water partition coefficient (Wildman–Crippen LogP) is 2.30. The summed E-state index contributed by atoms with van der Waals surface area (Å²) in [5, 5.41) is 9.50. The first-order valence-electron chi connectivity index (χ1n) is 5.93. The van der Waals surface area contributed by atoms with E-state index in [0.29, 0.717) is 12.1 Å². The predicted molar refractivity (Wildman–Crippen MR) is 69.1 cm³/mol. The monoisotopic (exact) mass is 269 g/mol. The van der Waals surface area contributed by atoms with Crippen molar-refractivity contribution in [3.8, 4) is 5.75 Å². The van der Waals surface area contributed by atoms with Gasteiger partial charge in [0.05, 0.1) is 11.1 Å². The second-order valence-corrected chi connectivity index (χ2v) is 4.89. The van der Waals surface area contributed by atoms with Crippen molar-refractivity contribution in [1.29, 1.82) is 0 Å². The van der Waals surface area contributed by atoms with Crippen LogP contribution in [-0.4, -0.2) is 42.2 Å². The molecule has 1 atom stereocenters. The number of likely N-dealkylation sites (N-methyl/N-ethyl adjacent to an activating group) is 1. The van der Waals surface area contributed by atoms with E-state index in [0.717, 1.165) is 19.4 Å². The lowest BCUT2D eigenvalue weighted by molar-refractivity contribution is 0.0587. The molecule has 5 heteroatoms. The highest BCUT2D eigenvalue weighted by Gasteiger charge is 2.21. The Morgan fingerprint density at radius 3 is 3.00 bits per heavy atom. The molecule has 0 spiro atoms. The van der Waals surface area contributed by atoms with Crippen molar-refractivity contribution in [2.75, 3.05) is 20.2 Å². The molecule has 4 nitrogen and oxygen atoms in total. The summed E-state index contributed by atoms with van der Waals surface area (Å²) in [4.78, 5) is 13.7. The number of carbonyl (C=O) groups excluding carboxylic acids is 1. The first kappa shape index (κ1) is 13.2. The van der Waals surface area contributed by atoms with Gasteiger partial charge in [-0.1, -0.05) is 11.6 Å². The van der Waals surface area contributed by atoms with Gasteiger partial charge < -0.3 is 14.7 Å². The van der Waals surface area contributed by atoms with Gasteiger partial charge in [-0.2, -0.15) is 0 Å². The van der Waals surface area contributed by atoms with Crippen molar-refractivity contribution in [2.45, 2.75) is 18.9 Å². The Kier molecular flexibility index (Phi) is 4.09. The molecule has 0 bridgehead atoms. The summed E-state index contributed by atoms with van der Waals surface area (Å²) < 4.78 is 5.49. The van der Waals surface area contributed by atoms with Crippen LogP contribution in [-0.2, 0) is 4.74 Å². The van der Waals surface area contributed by atoms with Crippen LogP contribution >= 0.6 is 11.6 Å². The Hall–Kier alpha value is -1.26. The lowest BCUT2D eigenvalue weighted by atomic mass is 10.1. The Balaban J connectivity index is 2.02. The number of nitrogens with zero attached hydrogens (tertiary/aromatic N) is 1. The largest absolute Gasteiger partial charge is 0.506 e. The van der Waals surface area contributed by atoms with Gasteiger partial charge in [-0.3, -0.25) is 4.79 Å². The molecule has 0 aromatic heterocycles. The zero-order valence-corrected chi connectivity index (χ0v) is 11.0. The number of rotatable bonds is 3. The van der Waals surface area contributed by atoms with E-state index in [4.69, 9.17) is 16.3 Å². The van der Waals surface area contributed by atoms with Crippen LogP contribution in [0.4, 0.5) is 0 Å². The van der Waals surface area contributed by atoms with Gasteiger partial charge in [-0.05, 0) is 31.0 Å². The normalized spacial score (nSPS) is 18.9. The minimum Gasteiger partial charge on any atom is -0.506 e. The summed E-state index contributed by atoms with van der Waals surface area (Å²) in [6.07, 6.45) is 2.18. The van der Waals surface area contributed by atoms with E-state index in [1.165, 1.54) is 12.1 Å². The molecule has 1 aromatic rings. The minimum absolute atomic E-state index is 0.0185. The van der Waals surface area contributed by atoms with Crippen molar-refractivity contribution in [1.82, 2.24) is 4.90 Å². The average molecular weight is 270 g/mol. The lowest BCUT2D eigenvalue weighted by Gasteiger charge is -2.21. The maximum atomic E-state index is 12.1. The van der Waals surface area contributed by atoms with E-state index < -0.39 is 0 Å². The molecule has 1 N–H and O–H groups in total. The van der Waals surface area contributed by atoms with E-state index >= 15 is 0 Å². The number of amides is 1. The van der Waals surface area contributed by atoms with Crippen molar-refractivity contribution < 1.29 is 14.6 Å².